The molecule has 0 saturated carbocycles. The Morgan fingerprint density at radius 3 is 2.26 bits per heavy atom. The lowest BCUT2D eigenvalue weighted by atomic mass is 9.87. The molecule has 0 fully saturated rings. The predicted molar refractivity (Wildman–Crippen MR) is 83.9 cm³/mol. The second-order valence-corrected chi connectivity index (χ2v) is 6.25. The van der Waals surface area contributed by atoms with Crippen molar-refractivity contribution in [3.05, 3.63) is 64.7 Å². The van der Waals surface area contributed by atoms with Crippen LogP contribution in [0, 0.1) is 0 Å². The summed E-state index contributed by atoms with van der Waals surface area (Å²) < 4.78 is 0. The van der Waals surface area contributed by atoms with Crippen LogP contribution in [0.2, 0.25) is 5.02 Å². The van der Waals surface area contributed by atoms with Crippen LogP contribution >= 0.6 is 11.6 Å². The van der Waals surface area contributed by atoms with Crippen molar-refractivity contribution in [1.29, 1.82) is 0 Å². The first kappa shape index (κ1) is 14.0. The molecule has 0 bridgehead atoms. The Morgan fingerprint density at radius 2 is 1.68 bits per heavy atom. The quantitative estimate of drug-likeness (QED) is 0.805. The highest BCUT2D eigenvalue weighted by atomic mass is 35.5. The number of hydrogen-bond acceptors (Lipinski definition) is 1. The summed E-state index contributed by atoms with van der Waals surface area (Å²) in [6.45, 7) is 7.50. The van der Waals surface area contributed by atoms with E-state index in [1.165, 1.54) is 11.1 Å². The fourth-order valence-electron chi connectivity index (χ4n) is 1.93. The molecule has 1 nitrogen and oxygen atoms in total. The number of anilines is 1. The molecule has 2 aromatic carbocycles. The van der Waals surface area contributed by atoms with Crippen LogP contribution in [0.4, 0.5) is 5.69 Å². The molecule has 0 aromatic heterocycles. The molecule has 0 saturated heterocycles. The lowest BCUT2D eigenvalue weighted by molar-refractivity contribution is 0.590. The third kappa shape index (κ3) is 4.00. The molecular formula is C17H20ClN. The maximum absolute atomic E-state index is 5.96. The lowest BCUT2D eigenvalue weighted by Gasteiger charge is -2.19. The molecule has 0 aliphatic heterocycles. The summed E-state index contributed by atoms with van der Waals surface area (Å²) in [4.78, 5) is 0. The Bertz CT molecular complexity index is 538. The molecule has 0 heterocycles. The largest absolute Gasteiger partial charge is 0.381 e. The standard InChI is InChI=1S/C17H20ClN/c1-17(2,3)14-9-7-13(8-10-14)12-19-16-6-4-5-15(18)11-16/h4-11,19H,12H2,1-3H3. The molecule has 100 valence electrons. The molecule has 0 aliphatic carbocycles. The third-order valence-corrected chi connectivity index (χ3v) is 3.38. The molecule has 0 radical (unpaired) electrons. The summed E-state index contributed by atoms with van der Waals surface area (Å²) in [5.41, 5.74) is 3.89. The van der Waals surface area contributed by atoms with Crippen molar-refractivity contribution in [2.24, 2.45) is 0 Å². The first-order valence-electron chi connectivity index (χ1n) is 6.54. The van der Waals surface area contributed by atoms with E-state index in [0.29, 0.717) is 0 Å². The van der Waals surface area contributed by atoms with E-state index in [0.717, 1.165) is 17.3 Å². The van der Waals surface area contributed by atoms with Gasteiger partial charge in [0, 0.05) is 17.3 Å². The molecule has 2 aromatic rings. The van der Waals surface area contributed by atoms with Crippen LogP contribution in [-0.4, -0.2) is 0 Å². The Hall–Kier alpha value is -1.47. The molecule has 1 N–H and O–H groups in total. The minimum atomic E-state index is 0.207. The van der Waals surface area contributed by atoms with Crippen molar-refractivity contribution in [2.45, 2.75) is 32.7 Å². The van der Waals surface area contributed by atoms with Gasteiger partial charge in [0.1, 0.15) is 0 Å². The van der Waals surface area contributed by atoms with Crippen molar-refractivity contribution >= 4 is 17.3 Å². The summed E-state index contributed by atoms with van der Waals surface area (Å²) in [5, 5.41) is 4.13. The Balaban J connectivity index is 2.01. The van der Waals surface area contributed by atoms with Gasteiger partial charge < -0.3 is 5.32 Å². The van der Waals surface area contributed by atoms with Gasteiger partial charge in [-0.05, 0) is 34.7 Å². The molecule has 0 unspecified atom stereocenters. The number of rotatable bonds is 3. The van der Waals surface area contributed by atoms with Gasteiger partial charge in [0.05, 0.1) is 0 Å². The molecule has 0 amide bonds. The predicted octanol–water partition coefficient (Wildman–Crippen LogP) is 5.25. The first-order valence-corrected chi connectivity index (χ1v) is 6.92. The molecule has 0 spiro atoms. The maximum Gasteiger partial charge on any atom is 0.0426 e. The van der Waals surface area contributed by atoms with E-state index in [4.69, 9.17) is 11.6 Å². The average molecular weight is 274 g/mol. The maximum atomic E-state index is 5.96. The molecule has 19 heavy (non-hydrogen) atoms. The van der Waals surface area contributed by atoms with Crippen LogP contribution < -0.4 is 5.32 Å². The SMILES string of the molecule is CC(C)(C)c1ccc(CNc2cccc(Cl)c2)cc1. The van der Waals surface area contributed by atoms with Crippen LogP contribution in [0.5, 0.6) is 0 Å². The zero-order chi connectivity index (χ0) is 13.9. The second kappa shape index (κ2) is 5.66. The summed E-state index contributed by atoms with van der Waals surface area (Å²) in [5.74, 6) is 0. The zero-order valence-electron chi connectivity index (χ0n) is 11.7. The van der Waals surface area contributed by atoms with Crippen molar-refractivity contribution in [3.8, 4) is 0 Å². The summed E-state index contributed by atoms with van der Waals surface area (Å²) in [7, 11) is 0. The van der Waals surface area contributed by atoms with Crippen molar-refractivity contribution in [3.63, 3.8) is 0 Å². The molecule has 0 atom stereocenters. The minimum Gasteiger partial charge on any atom is -0.381 e. The van der Waals surface area contributed by atoms with Gasteiger partial charge in [0.25, 0.3) is 0 Å². The van der Waals surface area contributed by atoms with Crippen LogP contribution in [0.15, 0.2) is 48.5 Å². The number of hydrogen-bond donors (Lipinski definition) is 1. The van der Waals surface area contributed by atoms with E-state index in [9.17, 15) is 0 Å². The van der Waals surface area contributed by atoms with Gasteiger partial charge in [-0.1, -0.05) is 62.7 Å². The Labute approximate surface area is 120 Å². The van der Waals surface area contributed by atoms with E-state index in [1.807, 2.05) is 24.3 Å². The smallest absolute Gasteiger partial charge is 0.0426 e. The topological polar surface area (TPSA) is 12.0 Å². The van der Waals surface area contributed by atoms with Crippen molar-refractivity contribution in [1.82, 2.24) is 0 Å². The summed E-state index contributed by atoms with van der Waals surface area (Å²) in [6, 6.07) is 16.6. The number of benzene rings is 2. The van der Waals surface area contributed by atoms with Gasteiger partial charge in [-0.25, -0.2) is 0 Å². The monoisotopic (exact) mass is 273 g/mol. The van der Waals surface area contributed by atoms with E-state index < -0.39 is 0 Å². The highest BCUT2D eigenvalue weighted by Crippen LogP contribution is 2.22. The van der Waals surface area contributed by atoms with E-state index in [1.54, 1.807) is 0 Å². The van der Waals surface area contributed by atoms with E-state index in [-0.39, 0.29) is 5.41 Å². The van der Waals surface area contributed by atoms with Gasteiger partial charge in [-0.2, -0.15) is 0 Å². The van der Waals surface area contributed by atoms with Gasteiger partial charge in [0.15, 0.2) is 0 Å². The van der Waals surface area contributed by atoms with Gasteiger partial charge in [-0.3, -0.25) is 0 Å². The minimum absolute atomic E-state index is 0.207. The van der Waals surface area contributed by atoms with E-state index in [2.05, 4.69) is 50.4 Å². The van der Waals surface area contributed by atoms with Crippen LogP contribution in [-0.2, 0) is 12.0 Å². The van der Waals surface area contributed by atoms with Gasteiger partial charge >= 0.3 is 0 Å². The van der Waals surface area contributed by atoms with Crippen LogP contribution in [0.1, 0.15) is 31.9 Å². The van der Waals surface area contributed by atoms with Crippen LogP contribution in [0.25, 0.3) is 0 Å². The molecule has 2 heteroatoms. The fraction of sp³-hybridized carbons (Fsp3) is 0.294. The summed E-state index contributed by atoms with van der Waals surface area (Å²) in [6.07, 6.45) is 0. The van der Waals surface area contributed by atoms with Crippen LogP contribution in [0.3, 0.4) is 0 Å². The average Bonchev–Trinajstić information content (AvgIpc) is 2.36. The van der Waals surface area contributed by atoms with Gasteiger partial charge in [-0.15, -0.1) is 0 Å². The fourth-order valence-corrected chi connectivity index (χ4v) is 2.12. The Kier molecular flexibility index (Phi) is 4.16. The van der Waals surface area contributed by atoms with Gasteiger partial charge in [0.2, 0.25) is 0 Å². The normalized spacial score (nSPS) is 11.4. The zero-order valence-corrected chi connectivity index (χ0v) is 12.5. The molecule has 0 aliphatic rings. The first-order chi connectivity index (χ1) is 8.95. The third-order valence-electron chi connectivity index (χ3n) is 3.14. The molecular weight excluding hydrogens is 254 g/mol. The Morgan fingerprint density at radius 1 is 1.00 bits per heavy atom. The highest BCUT2D eigenvalue weighted by molar-refractivity contribution is 6.30. The second-order valence-electron chi connectivity index (χ2n) is 5.81. The molecule has 2 rings (SSSR count). The summed E-state index contributed by atoms with van der Waals surface area (Å²) >= 11 is 5.96. The van der Waals surface area contributed by atoms with E-state index >= 15 is 0 Å². The highest BCUT2D eigenvalue weighted by Gasteiger charge is 2.12. The van der Waals surface area contributed by atoms with Crippen molar-refractivity contribution in [2.75, 3.05) is 5.32 Å². The van der Waals surface area contributed by atoms with Crippen molar-refractivity contribution < 1.29 is 0 Å². The number of nitrogens with one attached hydrogen (secondary N) is 1. The lowest BCUT2D eigenvalue weighted by Crippen LogP contribution is -2.11. The number of halogens is 1.